The first-order valence-electron chi connectivity index (χ1n) is 7.94. The van der Waals surface area contributed by atoms with Gasteiger partial charge in [-0.25, -0.2) is 0 Å². The Hall–Kier alpha value is -0.320. The largest absolute Gasteiger partial charge is 0.394 e. The Kier molecular flexibility index (Phi) is 9.48. The summed E-state index contributed by atoms with van der Waals surface area (Å²) in [4.78, 5) is 0. The van der Waals surface area contributed by atoms with Crippen LogP contribution < -0.4 is 0 Å². The van der Waals surface area contributed by atoms with Gasteiger partial charge in [0, 0.05) is 20.0 Å². The van der Waals surface area contributed by atoms with Crippen molar-refractivity contribution in [1.29, 1.82) is 0 Å². The molecule has 23 heavy (non-hydrogen) atoms. The Balaban J connectivity index is 2.33. The van der Waals surface area contributed by atoms with E-state index in [0.717, 1.165) is 0 Å². The van der Waals surface area contributed by atoms with Crippen LogP contribution in [-0.2, 0) is 18.9 Å². The molecule has 0 aliphatic carbocycles. The van der Waals surface area contributed by atoms with Gasteiger partial charge in [0.25, 0.3) is 0 Å². The molecule has 4 N–H and O–H groups in total. The van der Waals surface area contributed by atoms with Crippen molar-refractivity contribution in [2.45, 2.75) is 69.6 Å². The van der Waals surface area contributed by atoms with Gasteiger partial charge in [0.2, 0.25) is 0 Å². The Labute approximate surface area is 136 Å². The van der Waals surface area contributed by atoms with Gasteiger partial charge in [-0.15, -0.1) is 0 Å². The van der Waals surface area contributed by atoms with E-state index in [1.165, 1.54) is 7.11 Å². The van der Waals surface area contributed by atoms with Gasteiger partial charge < -0.3 is 39.4 Å². The van der Waals surface area contributed by atoms with Crippen LogP contribution in [-0.4, -0.2) is 90.3 Å². The van der Waals surface area contributed by atoms with E-state index in [1.807, 2.05) is 6.92 Å². The molecule has 0 aromatic heterocycles. The second kappa shape index (κ2) is 10.5. The van der Waals surface area contributed by atoms with Crippen LogP contribution in [0.4, 0.5) is 0 Å². The van der Waals surface area contributed by atoms with Crippen molar-refractivity contribution in [3.8, 4) is 0 Å². The molecule has 1 heterocycles. The maximum atomic E-state index is 9.87. The Morgan fingerprint density at radius 2 is 1.96 bits per heavy atom. The van der Waals surface area contributed by atoms with Gasteiger partial charge in [-0.2, -0.15) is 0 Å². The summed E-state index contributed by atoms with van der Waals surface area (Å²) >= 11 is 0. The van der Waals surface area contributed by atoms with E-state index >= 15 is 0 Å². The fourth-order valence-corrected chi connectivity index (χ4v) is 2.31. The molecular formula is C15H30O8. The zero-order valence-electron chi connectivity index (χ0n) is 14.0. The summed E-state index contributed by atoms with van der Waals surface area (Å²) in [5.41, 5.74) is 0. The Morgan fingerprint density at radius 3 is 2.48 bits per heavy atom. The summed E-state index contributed by atoms with van der Waals surface area (Å²) in [5.74, 6) is 0. The lowest BCUT2D eigenvalue weighted by Gasteiger charge is -2.25. The lowest BCUT2D eigenvalue weighted by molar-refractivity contribution is -0.212. The molecule has 1 aliphatic heterocycles. The van der Waals surface area contributed by atoms with Crippen molar-refractivity contribution >= 4 is 0 Å². The Morgan fingerprint density at radius 1 is 1.26 bits per heavy atom. The van der Waals surface area contributed by atoms with Crippen LogP contribution in [0, 0.1) is 0 Å². The average molecular weight is 338 g/mol. The molecule has 1 fully saturated rings. The van der Waals surface area contributed by atoms with E-state index < -0.39 is 30.7 Å². The minimum Gasteiger partial charge on any atom is -0.394 e. The second-order valence-corrected chi connectivity index (χ2v) is 5.94. The molecular weight excluding hydrogens is 308 g/mol. The fraction of sp³-hybridized carbons (Fsp3) is 1.00. The summed E-state index contributed by atoms with van der Waals surface area (Å²) in [7, 11) is 1.53. The van der Waals surface area contributed by atoms with E-state index in [4.69, 9.17) is 24.1 Å². The molecule has 0 amide bonds. The highest BCUT2D eigenvalue weighted by Gasteiger charge is 2.36. The average Bonchev–Trinajstić information content (AvgIpc) is 2.90. The predicted molar refractivity (Wildman–Crippen MR) is 80.8 cm³/mol. The van der Waals surface area contributed by atoms with Gasteiger partial charge in [-0.1, -0.05) is 0 Å². The fourth-order valence-electron chi connectivity index (χ4n) is 2.31. The highest BCUT2D eigenvalue weighted by atomic mass is 16.7. The van der Waals surface area contributed by atoms with Crippen LogP contribution in [0.1, 0.15) is 26.7 Å². The highest BCUT2D eigenvalue weighted by Crippen LogP contribution is 2.22. The molecule has 7 atom stereocenters. The zero-order chi connectivity index (χ0) is 17.4. The van der Waals surface area contributed by atoms with Crippen molar-refractivity contribution in [3.63, 3.8) is 0 Å². The summed E-state index contributed by atoms with van der Waals surface area (Å²) in [5, 5.41) is 38.0. The molecule has 0 spiro atoms. The number of aliphatic hydroxyl groups is 4. The monoisotopic (exact) mass is 338 g/mol. The van der Waals surface area contributed by atoms with Crippen molar-refractivity contribution in [2.75, 3.05) is 26.9 Å². The molecule has 8 heteroatoms. The predicted octanol–water partition coefficient (Wildman–Crippen LogP) is -0.977. The van der Waals surface area contributed by atoms with Crippen molar-refractivity contribution in [1.82, 2.24) is 0 Å². The third-order valence-corrected chi connectivity index (χ3v) is 3.93. The normalized spacial score (nSPS) is 30.1. The molecule has 0 radical (unpaired) electrons. The van der Waals surface area contributed by atoms with Crippen LogP contribution in [0.5, 0.6) is 0 Å². The number of hydrogen-bond acceptors (Lipinski definition) is 8. The molecule has 0 saturated carbocycles. The topological polar surface area (TPSA) is 118 Å². The standard InChI is InChI=1S/C15H30O8/c1-9(4-13(18)10(2)20-3)21-8-12(7-17)23-15-14(19)5-11(6-16)22-15/h9-19H,4-8H2,1-3H3. The first kappa shape index (κ1) is 20.7. The SMILES string of the molecule is COC(C)C(O)CC(C)OCC(CO)OC1OC(CO)CC1O. The number of aliphatic hydroxyl groups excluding tert-OH is 4. The minimum absolute atomic E-state index is 0.0993. The van der Waals surface area contributed by atoms with Gasteiger partial charge in [-0.3, -0.25) is 0 Å². The number of methoxy groups -OCH3 is 1. The quantitative estimate of drug-likeness (QED) is 0.380. The van der Waals surface area contributed by atoms with Crippen molar-refractivity contribution in [2.24, 2.45) is 0 Å². The number of rotatable bonds is 11. The molecule has 1 rings (SSSR count). The van der Waals surface area contributed by atoms with Gasteiger partial charge in [0.15, 0.2) is 6.29 Å². The number of hydrogen-bond donors (Lipinski definition) is 4. The lowest BCUT2D eigenvalue weighted by Crippen LogP contribution is -2.36. The van der Waals surface area contributed by atoms with Crippen LogP contribution in [0.15, 0.2) is 0 Å². The lowest BCUT2D eigenvalue weighted by atomic mass is 10.1. The molecule has 1 saturated heterocycles. The summed E-state index contributed by atoms with van der Waals surface area (Å²) < 4.78 is 21.4. The minimum atomic E-state index is -0.887. The van der Waals surface area contributed by atoms with Gasteiger partial charge in [0.05, 0.1) is 44.2 Å². The van der Waals surface area contributed by atoms with Gasteiger partial charge >= 0.3 is 0 Å². The van der Waals surface area contributed by atoms with E-state index in [0.29, 0.717) is 6.42 Å². The first-order chi connectivity index (χ1) is 10.9. The van der Waals surface area contributed by atoms with Gasteiger partial charge in [0.1, 0.15) is 12.2 Å². The van der Waals surface area contributed by atoms with E-state index in [1.54, 1.807) is 6.92 Å². The smallest absolute Gasteiger partial charge is 0.184 e. The summed E-state index contributed by atoms with van der Waals surface area (Å²) in [6, 6.07) is 0. The molecule has 7 unspecified atom stereocenters. The van der Waals surface area contributed by atoms with Crippen LogP contribution in [0.2, 0.25) is 0 Å². The van der Waals surface area contributed by atoms with Crippen LogP contribution >= 0.6 is 0 Å². The van der Waals surface area contributed by atoms with E-state index in [9.17, 15) is 15.3 Å². The molecule has 8 nitrogen and oxygen atoms in total. The first-order valence-corrected chi connectivity index (χ1v) is 7.94. The second-order valence-electron chi connectivity index (χ2n) is 5.94. The van der Waals surface area contributed by atoms with Crippen molar-refractivity contribution in [3.05, 3.63) is 0 Å². The van der Waals surface area contributed by atoms with Crippen molar-refractivity contribution < 1.29 is 39.4 Å². The summed E-state index contributed by atoms with van der Waals surface area (Å²) in [6.07, 6.45) is -3.35. The highest BCUT2D eigenvalue weighted by molar-refractivity contribution is 4.77. The zero-order valence-corrected chi connectivity index (χ0v) is 14.0. The van der Waals surface area contributed by atoms with Gasteiger partial charge in [-0.05, 0) is 13.8 Å². The maximum absolute atomic E-state index is 9.87. The molecule has 0 bridgehead atoms. The molecule has 0 aromatic rings. The van der Waals surface area contributed by atoms with E-state index in [-0.39, 0.29) is 38.4 Å². The molecule has 1 aliphatic rings. The maximum Gasteiger partial charge on any atom is 0.184 e. The molecule has 138 valence electrons. The summed E-state index contributed by atoms with van der Waals surface area (Å²) in [6.45, 7) is 3.20. The Bertz CT molecular complexity index is 316. The van der Waals surface area contributed by atoms with E-state index in [2.05, 4.69) is 0 Å². The number of ether oxygens (including phenoxy) is 4. The van der Waals surface area contributed by atoms with Crippen LogP contribution in [0.25, 0.3) is 0 Å². The third kappa shape index (κ3) is 6.98. The third-order valence-electron chi connectivity index (χ3n) is 3.93. The molecule has 0 aromatic carbocycles. The van der Waals surface area contributed by atoms with Crippen LogP contribution in [0.3, 0.4) is 0 Å².